The zero-order chi connectivity index (χ0) is 14.0. The van der Waals surface area contributed by atoms with Crippen LogP contribution in [0.4, 0.5) is 5.69 Å². The van der Waals surface area contributed by atoms with Gasteiger partial charge >= 0.3 is 0 Å². The van der Waals surface area contributed by atoms with Crippen LogP contribution in [0.15, 0.2) is 36.4 Å². The van der Waals surface area contributed by atoms with Crippen LogP contribution in [0, 0.1) is 20.8 Å². The molecule has 0 aliphatic heterocycles. The van der Waals surface area contributed by atoms with Gasteiger partial charge < -0.3 is 11.1 Å². The highest BCUT2D eigenvalue weighted by Crippen LogP contribution is 2.28. The quantitative estimate of drug-likeness (QED) is 0.823. The van der Waals surface area contributed by atoms with E-state index in [0.717, 1.165) is 5.69 Å². The molecule has 0 aromatic heterocycles. The molecule has 0 spiro atoms. The van der Waals surface area contributed by atoms with Crippen LogP contribution in [-0.4, -0.2) is 7.05 Å². The van der Waals surface area contributed by atoms with Gasteiger partial charge in [-0.2, -0.15) is 0 Å². The lowest BCUT2D eigenvalue weighted by Gasteiger charge is -2.21. The van der Waals surface area contributed by atoms with Crippen LogP contribution >= 0.6 is 0 Å². The molecule has 0 aliphatic carbocycles. The number of hydrogen-bond acceptors (Lipinski definition) is 2. The first kappa shape index (κ1) is 13.6. The van der Waals surface area contributed by atoms with E-state index < -0.39 is 0 Å². The number of anilines is 1. The van der Waals surface area contributed by atoms with E-state index in [9.17, 15) is 0 Å². The molecule has 2 aromatic rings. The number of aryl methyl sites for hydroxylation is 1. The summed E-state index contributed by atoms with van der Waals surface area (Å²) in [4.78, 5) is 0. The summed E-state index contributed by atoms with van der Waals surface area (Å²) in [6, 6.07) is 12.7. The Kier molecular flexibility index (Phi) is 3.91. The Morgan fingerprint density at radius 3 is 2.37 bits per heavy atom. The maximum atomic E-state index is 5.89. The summed E-state index contributed by atoms with van der Waals surface area (Å²) in [5.74, 6) is 0. The Balaban J connectivity index is 2.51. The van der Waals surface area contributed by atoms with Crippen molar-refractivity contribution in [2.75, 3.05) is 12.8 Å². The Morgan fingerprint density at radius 1 is 1.00 bits per heavy atom. The largest absolute Gasteiger partial charge is 0.399 e. The van der Waals surface area contributed by atoms with Crippen LogP contribution in [0.3, 0.4) is 0 Å². The molecule has 2 heteroatoms. The molecule has 0 saturated heterocycles. The van der Waals surface area contributed by atoms with E-state index >= 15 is 0 Å². The van der Waals surface area contributed by atoms with Crippen molar-refractivity contribution in [1.82, 2.24) is 5.32 Å². The van der Waals surface area contributed by atoms with Crippen molar-refractivity contribution in [3.8, 4) is 0 Å². The van der Waals surface area contributed by atoms with Gasteiger partial charge in [0, 0.05) is 5.69 Å². The molecule has 0 radical (unpaired) electrons. The van der Waals surface area contributed by atoms with E-state index in [1.165, 1.54) is 27.8 Å². The lowest BCUT2D eigenvalue weighted by Crippen LogP contribution is -2.19. The minimum atomic E-state index is 0.183. The van der Waals surface area contributed by atoms with E-state index in [1.54, 1.807) is 0 Å². The number of nitrogens with one attached hydrogen (secondary N) is 1. The van der Waals surface area contributed by atoms with Crippen molar-refractivity contribution in [3.63, 3.8) is 0 Å². The second-order valence-electron chi connectivity index (χ2n) is 5.11. The lowest BCUT2D eigenvalue weighted by molar-refractivity contribution is 0.686. The molecular weight excluding hydrogens is 232 g/mol. The SMILES string of the molecule is CNC(c1cccc(N)c1)c1ccc(C)c(C)c1C. The molecule has 2 nitrogen and oxygen atoms in total. The molecule has 0 fully saturated rings. The minimum absolute atomic E-state index is 0.183. The van der Waals surface area contributed by atoms with Crippen LogP contribution < -0.4 is 11.1 Å². The third-order valence-electron chi connectivity index (χ3n) is 3.94. The monoisotopic (exact) mass is 254 g/mol. The van der Waals surface area contributed by atoms with Crippen LogP contribution in [0.1, 0.15) is 33.9 Å². The fourth-order valence-corrected chi connectivity index (χ4v) is 2.53. The third kappa shape index (κ3) is 2.64. The molecule has 100 valence electrons. The van der Waals surface area contributed by atoms with Gasteiger partial charge in [0.2, 0.25) is 0 Å². The molecule has 19 heavy (non-hydrogen) atoms. The third-order valence-corrected chi connectivity index (χ3v) is 3.94. The molecule has 0 aliphatic rings. The van der Waals surface area contributed by atoms with Gasteiger partial charge in [-0.25, -0.2) is 0 Å². The van der Waals surface area contributed by atoms with E-state index in [2.05, 4.69) is 44.3 Å². The smallest absolute Gasteiger partial charge is 0.0577 e. The minimum Gasteiger partial charge on any atom is -0.399 e. The molecular formula is C17H22N2. The highest BCUT2D eigenvalue weighted by Gasteiger charge is 2.15. The van der Waals surface area contributed by atoms with Gasteiger partial charge in [0.15, 0.2) is 0 Å². The average Bonchev–Trinajstić information content (AvgIpc) is 2.40. The predicted molar refractivity (Wildman–Crippen MR) is 82.4 cm³/mol. The predicted octanol–water partition coefficient (Wildman–Crippen LogP) is 3.50. The Bertz CT molecular complexity index is 588. The van der Waals surface area contributed by atoms with Crippen molar-refractivity contribution >= 4 is 5.69 Å². The lowest BCUT2D eigenvalue weighted by atomic mass is 9.90. The Hall–Kier alpha value is -1.80. The normalized spacial score (nSPS) is 12.4. The second kappa shape index (κ2) is 5.45. The van der Waals surface area contributed by atoms with Gasteiger partial charge in [-0.1, -0.05) is 24.3 Å². The van der Waals surface area contributed by atoms with Crippen LogP contribution in [-0.2, 0) is 0 Å². The van der Waals surface area contributed by atoms with Crippen molar-refractivity contribution < 1.29 is 0 Å². The first-order valence-electron chi connectivity index (χ1n) is 6.64. The average molecular weight is 254 g/mol. The summed E-state index contributed by atoms with van der Waals surface area (Å²) < 4.78 is 0. The molecule has 0 bridgehead atoms. The molecule has 2 aromatic carbocycles. The van der Waals surface area contributed by atoms with E-state index in [-0.39, 0.29) is 6.04 Å². The first-order chi connectivity index (χ1) is 9.04. The van der Waals surface area contributed by atoms with Crippen LogP contribution in [0.2, 0.25) is 0 Å². The Labute approximate surface area is 115 Å². The van der Waals surface area contributed by atoms with Gasteiger partial charge in [-0.05, 0) is 67.8 Å². The van der Waals surface area contributed by atoms with Gasteiger partial charge in [-0.15, -0.1) is 0 Å². The Morgan fingerprint density at radius 2 is 1.74 bits per heavy atom. The molecule has 1 unspecified atom stereocenters. The molecule has 2 rings (SSSR count). The molecule has 3 N–H and O–H groups in total. The second-order valence-corrected chi connectivity index (χ2v) is 5.11. The number of benzene rings is 2. The number of nitrogen functional groups attached to an aromatic ring is 1. The van der Waals surface area contributed by atoms with Crippen molar-refractivity contribution in [3.05, 3.63) is 64.2 Å². The zero-order valence-electron chi connectivity index (χ0n) is 12.1. The topological polar surface area (TPSA) is 38.0 Å². The maximum Gasteiger partial charge on any atom is 0.0577 e. The summed E-state index contributed by atoms with van der Waals surface area (Å²) in [5.41, 5.74) is 13.3. The number of nitrogens with two attached hydrogens (primary N) is 1. The van der Waals surface area contributed by atoms with Crippen molar-refractivity contribution in [2.45, 2.75) is 26.8 Å². The van der Waals surface area contributed by atoms with Crippen LogP contribution in [0.25, 0.3) is 0 Å². The number of hydrogen-bond donors (Lipinski definition) is 2. The first-order valence-corrected chi connectivity index (χ1v) is 6.64. The van der Waals surface area contributed by atoms with E-state index in [1.807, 2.05) is 25.2 Å². The van der Waals surface area contributed by atoms with Crippen LogP contribution in [0.5, 0.6) is 0 Å². The summed E-state index contributed by atoms with van der Waals surface area (Å²) in [6.45, 7) is 6.52. The number of rotatable bonds is 3. The summed E-state index contributed by atoms with van der Waals surface area (Å²) in [6.07, 6.45) is 0. The van der Waals surface area contributed by atoms with Gasteiger partial charge in [0.1, 0.15) is 0 Å². The molecule has 1 atom stereocenters. The van der Waals surface area contributed by atoms with E-state index in [0.29, 0.717) is 0 Å². The van der Waals surface area contributed by atoms with Crippen molar-refractivity contribution in [2.24, 2.45) is 0 Å². The summed E-state index contributed by atoms with van der Waals surface area (Å²) in [5, 5.41) is 3.39. The van der Waals surface area contributed by atoms with Gasteiger partial charge in [0.25, 0.3) is 0 Å². The molecule has 0 saturated carbocycles. The van der Waals surface area contributed by atoms with Gasteiger partial charge in [0.05, 0.1) is 6.04 Å². The molecule has 0 heterocycles. The zero-order valence-corrected chi connectivity index (χ0v) is 12.1. The summed E-state index contributed by atoms with van der Waals surface area (Å²) in [7, 11) is 1.99. The maximum absolute atomic E-state index is 5.89. The summed E-state index contributed by atoms with van der Waals surface area (Å²) >= 11 is 0. The van der Waals surface area contributed by atoms with Crippen molar-refractivity contribution in [1.29, 1.82) is 0 Å². The fraction of sp³-hybridized carbons (Fsp3) is 0.294. The van der Waals surface area contributed by atoms with Gasteiger partial charge in [-0.3, -0.25) is 0 Å². The highest BCUT2D eigenvalue weighted by molar-refractivity contribution is 5.48. The fourth-order valence-electron chi connectivity index (χ4n) is 2.53. The molecule has 0 amide bonds. The standard InChI is InChI=1S/C17H22N2/c1-11-8-9-16(13(3)12(11)2)17(19-4)14-6-5-7-15(18)10-14/h5-10,17,19H,18H2,1-4H3. The highest BCUT2D eigenvalue weighted by atomic mass is 14.9. The van der Waals surface area contributed by atoms with E-state index in [4.69, 9.17) is 5.73 Å².